The first-order valence-electron chi connectivity index (χ1n) is 6.51. The molecule has 1 rings (SSSR count). The van der Waals surface area contributed by atoms with Gasteiger partial charge in [-0.25, -0.2) is 0 Å². The van der Waals surface area contributed by atoms with E-state index in [1.165, 1.54) is 11.3 Å². The lowest BCUT2D eigenvalue weighted by Crippen LogP contribution is -2.43. The van der Waals surface area contributed by atoms with Gasteiger partial charge >= 0.3 is 0 Å². The molecule has 1 atom stereocenters. The van der Waals surface area contributed by atoms with Crippen LogP contribution >= 0.6 is 0 Å². The molecule has 0 bridgehead atoms. The van der Waals surface area contributed by atoms with Crippen LogP contribution in [0, 0.1) is 26.2 Å². The van der Waals surface area contributed by atoms with Crippen LogP contribution in [0.4, 0.5) is 0 Å². The molecule has 1 N–H and O–H groups in total. The van der Waals surface area contributed by atoms with Crippen molar-refractivity contribution in [1.82, 2.24) is 15.1 Å². The second-order valence-electron chi connectivity index (χ2n) is 5.95. The zero-order chi connectivity index (χ0) is 13.2. The van der Waals surface area contributed by atoms with Crippen molar-refractivity contribution in [3.63, 3.8) is 0 Å². The Balaban J connectivity index is 2.90. The Labute approximate surface area is 106 Å². The van der Waals surface area contributed by atoms with Crippen LogP contribution in [-0.4, -0.2) is 22.4 Å². The Morgan fingerprint density at radius 2 is 1.82 bits per heavy atom. The predicted molar refractivity (Wildman–Crippen MR) is 73.4 cm³/mol. The summed E-state index contributed by atoms with van der Waals surface area (Å²) in [5, 5.41) is 8.19. The van der Waals surface area contributed by atoms with Gasteiger partial charge in [0.15, 0.2) is 0 Å². The first kappa shape index (κ1) is 14.2. The molecular formula is C14H27N3. The van der Waals surface area contributed by atoms with Gasteiger partial charge in [-0.05, 0) is 38.3 Å². The SMILES string of the molecule is CCNC(Cn1nc(C)c(C)c1C)C(C)(C)C. The highest BCUT2D eigenvalue weighted by molar-refractivity contribution is 5.22. The number of hydrogen-bond donors (Lipinski definition) is 1. The van der Waals surface area contributed by atoms with Crippen molar-refractivity contribution < 1.29 is 0 Å². The van der Waals surface area contributed by atoms with E-state index < -0.39 is 0 Å². The second kappa shape index (κ2) is 5.21. The van der Waals surface area contributed by atoms with Gasteiger partial charge in [-0.15, -0.1) is 0 Å². The fourth-order valence-electron chi connectivity index (χ4n) is 2.03. The Hall–Kier alpha value is -0.830. The lowest BCUT2D eigenvalue weighted by atomic mass is 9.86. The van der Waals surface area contributed by atoms with Gasteiger partial charge in [-0.3, -0.25) is 4.68 Å². The number of aryl methyl sites for hydroxylation is 1. The number of hydrogen-bond acceptors (Lipinski definition) is 2. The maximum atomic E-state index is 4.62. The largest absolute Gasteiger partial charge is 0.312 e. The predicted octanol–water partition coefficient (Wildman–Crippen LogP) is 2.83. The molecule has 0 aliphatic carbocycles. The third-order valence-corrected chi connectivity index (χ3v) is 3.59. The van der Waals surface area contributed by atoms with Crippen LogP contribution in [0.3, 0.4) is 0 Å². The number of nitrogens with zero attached hydrogens (tertiary/aromatic N) is 2. The number of aromatic nitrogens is 2. The van der Waals surface area contributed by atoms with E-state index in [0.29, 0.717) is 6.04 Å². The van der Waals surface area contributed by atoms with Crippen molar-refractivity contribution in [3.05, 3.63) is 17.0 Å². The number of likely N-dealkylation sites (N-methyl/N-ethyl adjacent to an activating group) is 1. The van der Waals surface area contributed by atoms with Gasteiger partial charge < -0.3 is 5.32 Å². The highest BCUT2D eigenvalue weighted by Gasteiger charge is 2.25. The number of rotatable bonds is 4. The van der Waals surface area contributed by atoms with Crippen LogP contribution in [0.5, 0.6) is 0 Å². The summed E-state index contributed by atoms with van der Waals surface area (Å²) in [4.78, 5) is 0. The van der Waals surface area contributed by atoms with Gasteiger partial charge in [0.1, 0.15) is 0 Å². The quantitative estimate of drug-likeness (QED) is 0.872. The van der Waals surface area contributed by atoms with Crippen molar-refractivity contribution in [2.45, 2.75) is 61.1 Å². The molecule has 0 aliphatic heterocycles. The van der Waals surface area contributed by atoms with Gasteiger partial charge in [0.25, 0.3) is 0 Å². The zero-order valence-corrected chi connectivity index (χ0v) is 12.4. The monoisotopic (exact) mass is 237 g/mol. The Morgan fingerprint density at radius 1 is 1.24 bits per heavy atom. The molecule has 0 radical (unpaired) electrons. The summed E-state index contributed by atoms with van der Waals surface area (Å²) in [6, 6.07) is 0.449. The fraction of sp³-hybridized carbons (Fsp3) is 0.786. The number of nitrogens with one attached hydrogen (secondary N) is 1. The van der Waals surface area contributed by atoms with Crippen molar-refractivity contribution in [2.24, 2.45) is 5.41 Å². The normalized spacial score (nSPS) is 14.1. The van der Waals surface area contributed by atoms with Crippen molar-refractivity contribution >= 4 is 0 Å². The summed E-state index contributed by atoms with van der Waals surface area (Å²) >= 11 is 0. The van der Waals surface area contributed by atoms with Gasteiger partial charge in [0.2, 0.25) is 0 Å². The molecule has 98 valence electrons. The molecule has 1 heterocycles. The maximum absolute atomic E-state index is 4.62. The summed E-state index contributed by atoms with van der Waals surface area (Å²) in [5.41, 5.74) is 3.99. The second-order valence-corrected chi connectivity index (χ2v) is 5.95. The Bertz CT molecular complexity index is 372. The van der Waals surface area contributed by atoms with Crippen molar-refractivity contribution in [2.75, 3.05) is 6.54 Å². The molecule has 17 heavy (non-hydrogen) atoms. The van der Waals surface area contributed by atoms with Crippen LogP contribution < -0.4 is 5.32 Å². The minimum absolute atomic E-state index is 0.246. The van der Waals surface area contributed by atoms with Gasteiger partial charge in [-0.1, -0.05) is 27.7 Å². The van der Waals surface area contributed by atoms with Crippen LogP contribution in [0.25, 0.3) is 0 Å². The summed E-state index contributed by atoms with van der Waals surface area (Å²) in [7, 11) is 0. The molecule has 0 fully saturated rings. The maximum Gasteiger partial charge on any atom is 0.0625 e. The molecule has 0 saturated heterocycles. The molecule has 0 aromatic carbocycles. The average Bonchev–Trinajstić information content (AvgIpc) is 2.44. The van der Waals surface area contributed by atoms with E-state index in [2.05, 4.69) is 63.6 Å². The van der Waals surface area contributed by atoms with E-state index >= 15 is 0 Å². The Morgan fingerprint density at radius 3 is 2.18 bits per heavy atom. The molecule has 0 amide bonds. The third-order valence-electron chi connectivity index (χ3n) is 3.59. The zero-order valence-electron chi connectivity index (χ0n) is 12.4. The van der Waals surface area contributed by atoms with Crippen LogP contribution in [0.1, 0.15) is 44.6 Å². The van der Waals surface area contributed by atoms with E-state index in [4.69, 9.17) is 0 Å². The van der Waals surface area contributed by atoms with Crippen LogP contribution in [-0.2, 0) is 6.54 Å². The molecular weight excluding hydrogens is 210 g/mol. The average molecular weight is 237 g/mol. The summed E-state index contributed by atoms with van der Waals surface area (Å²) in [6.45, 7) is 17.3. The topological polar surface area (TPSA) is 29.9 Å². The van der Waals surface area contributed by atoms with Crippen LogP contribution in [0.15, 0.2) is 0 Å². The Kier molecular flexibility index (Phi) is 4.36. The standard InChI is InChI=1S/C14H27N3/c1-8-15-13(14(5,6)7)9-17-12(4)10(2)11(3)16-17/h13,15H,8-9H2,1-7H3. The summed E-state index contributed by atoms with van der Waals surface area (Å²) in [5.74, 6) is 0. The minimum atomic E-state index is 0.246. The van der Waals surface area contributed by atoms with E-state index in [0.717, 1.165) is 18.8 Å². The highest BCUT2D eigenvalue weighted by Crippen LogP contribution is 2.22. The molecule has 3 heteroatoms. The van der Waals surface area contributed by atoms with Gasteiger partial charge in [-0.2, -0.15) is 5.10 Å². The van der Waals surface area contributed by atoms with E-state index in [9.17, 15) is 0 Å². The van der Waals surface area contributed by atoms with Gasteiger partial charge in [0, 0.05) is 11.7 Å². The third kappa shape index (κ3) is 3.32. The first-order chi connectivity index (χ1) is 7.77. The molecule has 3 nitrogen and oxygen atoms in total. The smallest absolute Gasteiger partial charge is 0.0625 e. The molecule has 1 aromatic rings. The molecule has 1 unspecified atom stereocenters. The lowest BCUT2D eigenvalue weighted by Gasteiger charge is -2.31. The molecule has 0 aliphatic rings. The first-order valence-corrected chi connectivity index (χ1v) is 6.51. The highest BCUT2D eigenvalue weighted by atomic mass is 15.3. The van der Waals surface area contributed by atoms with Gasteiger partial charge in [0.05, 0.1) is 12.2 Å². The molecule has 0 spiro atoms. The van der Waals surface area contributed by atoms with E-state index in [-0.39, 0.29) is 5.41 Å². The minimum Gasteiger partial charge on any atom is -0.312 e. The van der Waals surface area contributed by atoms with Crippen LogP contribution in [0.2, 0.25) is 0 Å². The van der Waals surface area contributed by atoms with Crippen molar-refractivity contribution in [1.29, 1.82) is 0 Å². The molecule has 0 saturated carbocycles. The summed E-state index contributed by atoms with van der Waals surface area (Å²) in [6.07, 6.45) is 0. The van der Waals surface area contributed by atoms with E-state index in [1.807, 2.05) is 0 Å². The lowest BCUT2D eigenvalue weighted by molar-refractivity contribution is 0.237. The van der Waals surface area contributed by atoms with E-state index in [1.54, 1.807) is 0 Å². The fourth-order valence-corrected chi connectivity index (χ4v) is 2.03. The summed E-state index contributed by atoms with van der Waals surface area (Å²) < 4.78 is 2.14. The molecule has 1 aromatic heterocycles. The van der Waals surface area contributed by atoms with Crippen molar-refractivity contribution in [3.8, 4) is 0 Å².